The Labute approximate surface area is 160 Å². The van der Waals surface area contributed by atoms with Crippen LogP contribution in [0.4, 0.5) is 19.1 Å². The van der Waals surface area contributed by atoms with E-state index in [4.69, 9.17) is 0 Å². The van der Waals surface area contributed by atoms with Crippen LogP contribution in [0.5, 0.6) is 0 Å². The summed E-state index contributed by atoms with van der Waals surface area (Å²) >= 11 is 0. The Morgan fingerprint density at radius 2 is 2.00 bits per heavy atom. The molecule has 0 aliphatic carbocycles. The molecule has 3 atom stereocenters. The molecule has 0 spiro atoms. The largest absolute Gasteiger partial charge is 0.433 e. The van der Waals surface area contributed by atoms with Crippen LogP contribution in [0.2, 0.25) is 0 Å². The second kappa shape index (κ2) is 7.11. The highest BCUT2D eigenvalue weighted by atomic mass is 19.4. The van der Waals surface area contributed by atoms with Crippen molar-refractivity contribution in [3.8, 4) is 6.19 Å². The molecule has 4 rings (SSSR count). The van der Waals surface area contributed by atoms with E-state index < -0.39 is 11.9 Å². The number of anilines is 1. The first-order chi connectivity index (χ1) is 13.4. The third-order valence-electron chi connectivity index (χ3n) is 6.06. The minimum absolute atomic E-state index is 0.00994. The van der Waals surface area contributed by atoms with Gasteiger partial charge in [-0.05, 0) is 38.2 Å². The predicted molar refractivity (Wildman–Crippen MR) is 92.8 cm³/mol. The smallest absolute Gasteiger partial charge is 0.351 e. The minimum atomic E-state index is -4.51. The quantitative estimate of drug-likeness (QED) is 0.789. The van der Waals surface area contributed by atoms with Gasteiger partial charge in [-0.25, -0.2) is 9.97 Å². The van der Waals surface area contributed by atoms with Crippen LogP contribution in [-0.2, 0) is 11.0 Å². The summed E-state index contributed by atoms with van der Waals surface area (Å²) in [6.07, 6.45) is 2.64. The third-order valence-corrected chi connectivity index (χ3v) is 6.06. The summed E-state index contributed by atoms with van der Waals surface area (Å²) in [5.74, 6) is -0.164. The highest BCUT2D eigenvalue weighted by Gasteiger charge is 2.47. The Balaban J connectivity index is 1.32. The first-order valence-electron chi connectivity index (χ1n) is 9.50. The molecule has 0 saturated carbocycles. The van der Waals surface area contributed by atoms with E-state index in [1.165, 1.54) is 0 Å². The minimum Gasteiger partial charge on any atom is -0.351 e. The number of nitrogens with zero attached hydrogens (tertiary/aromatic N) is 5. The highest BCUT2D eigenvalue weighted by Crippen LogP contribution is 2.37. The fraction of sp³-hybridized carbons (Fsp3) is 0.667. The molecular formula is C18H21F3N6O. The van der Waals surface area contributed by atoms with Gasteiger partial charge in [0.2, 0.25) is 11.9 Å². The van der Waals surface area contributed by atoms with Crippen LogP contribution in [0.25, 0.3) is 0 Å². The van der Waals surface area contributed by atoms with Gasteiger partial charge in [0.25, 0.3) is 0 Å². The van der Waals surface area contributed by atoms with E-state index in [2.05, 4.69) is 21.5 Å². The van der Waals surface area contributed by atoms with Gasteiger partial charge in [0.1, 0.15) is 5.69 Å². The molecule has 1 amide bonds. The second-order valence-corrected chi connectivity index (χ2v) is 7.66. The van der Waals surface area contributed by atoms with Crippen molar-refractivity contribution in [3.05, 3.63) is 18.0 Å². The molecule has 150 valence electrons. The van der Waals surface area contributed by atoms with Crippen molar-refractivity contribution in [1.29, 1.82) is 5.26 Å². The Bertz CT molecular complexity index is 786. The number of hydrogen-bond acceptors (Lipinski definition) is 6. The van der Waals surface area contributed by atoms with Gasteiger partial charge in [-0.3, -0.25) is 4.79 Å². The standard InChI is InChI=1S/C18H21F3N6O/c19-18(20,21)15-3-6-23-17(25-15)26-7-4-11(5-8-26)16(28)24-13-9-12-1-2-14(13)27(12)10-22/h3,6,11-14H,1-2,4-5,7-9H2,(H,24,28)/t12-,13+,14+/m0/s1. The van der Waals surface area contributed by atoms with E-state index in [9.17, 15) is 23.2 Å². The first kappa shape index (κ1) is 18.8. The van der Waals surface area contributed by atoms with Gasteiger partial charge in [-0.15, -0.1) is 0 Å². The normalized spacial score (nSPS) is 27.7. The third kappa shape index (κ3) is 3.45. The van der Waals surface area contributed by atoms with Gasteiger partial charge in [0.15, 0.2) is 6.19 Å². The molecule has 1 N–H and O–H groups in total. The molecule has 3 saturated heterocycles. The highest BCUT2D eigenvalue weighted by molar-refractivity contribution is 5.79. The number of amides is 1. The van der Waals surface area contributed by atoms with Gasteiger partial charge in [0, 0.05) is 31.2 Å². The topological polar surface area (TPSA) is 85.2 Å². The Morgan fingerprint density at radius 3 is 2.64 bits per heavy atom. The summed E-state index contributed by atoms with van der Waals surface area (Å²) in [7, 11) is 0. The fourth-order valence-electron chi connectivity index (χ4n) is 4.60. The SMILES string of the molecule is N#CN1[C@H]2CC[C@@H]1[C@H](NC(=O)C1CCN(c3nccc(C(F)(F)F)n3)CC1)C2. The zero-order valence-corrected chi connectivity index (χ0v) is 15.2. The summed E-state index contributed by atoms with van der Waals surface area (Å²) in [5.41, 5.74) is -0.962. The zero-order chi connectivity index (χ0) is 19.9. The van der Waals surface area contributed by atoms with E-state index in [1.54, 1.807) is 9.80 Å². The van der Waals surface area contributed by atoms with Crippen LogP contribution in [-0.4, -0.2) is 52.0 Å². The maximum atomic E-state index is 12.8. The maximum absolute atomic E-state index is 12.8. The summed E-state index contributed by atoms with van der Waals surface area (Å²) < 4.78 is 38.5. The number of aromatic nitrogens is 2. The lowest BCUT2D eigenvalue weighted by Gasteiger charge is -2.32. The van der Waals surface area contributed by atoms with Gasteiger partial charge < -0.3 is 15.1 Å². The summed E-state index contributed by atoms with van der Waals surface area (Å²) in [4.78, 5) is 23.7. The number of carbonyl (C=O) groups excluding carboxylic acids is 1. The summed E-state index contributed by atoms with van der Waals surface area (Å²) in [5, 5.41) is 12.3. The molecule has 3 fully saturated rings. The number of rotatable bonds is 3. The van der Waals surface area contributed by atoms with Crippen LogP contribution in [0, 0.1) is 17.4 Å². The lowest BCUT2D eigenvalue weighted by Crippen LogP contribution is -2.48. The van der Waals surface area contributed by atoms with Crippen molar-refractivity contribution >= 4 is 11.9 Å². The Morgan fingerprint density at radius 1 is 1.25 bits per heavy atom. The van der Waals surface area contributed by atoms with E-state index in [-0.39, 0.29) is 35.9 Å². The van der Waals surface area contributed by atoms with Crippen LogP contribution < -0.4 is 10.2 Å². The maximum Gasteiger partial charge on any atom is 0.433 e. The Kier molecular flexibility index (Phi) is 4.77. The van der Waals surface area contributed by atoms with Crippen molar-refractivity contribution in [2.75, 3.05) is 18.0 Å². The summed E-state index contributed by atoms with van der Waals surface area (Å²) in [6, 6.07) is 1.19. The molecule has 3 aliphatic heterocycles. The molecule has 28 heavy (non-hydrogen) atoms. The zero-order valence-electron chi connectivity index (χ0n) is 15.2. The number of carbonyl (C=O) groups is 1. The molecular weight excluding hydrogens is 373 g/mol. The van der Waals surface area contributed by atoms with Crippen molar-refractivity contribution in [2.24, 2.45) is 5.92 Å². The van der Waals surface area contributed by atoms with Gasteiger partial charge in [-0.2, -0.15) is 18.4 Å². The predicted octanol–water partition coefficient (Wildman–Crippen LogP) is 1.91. The van der Waals surface area contributed by atoms with Crippen LogP contribution in [0.1, 0.15) is 37.8 Å². The molecule has 2 bridgehead atoms. The molecule has 0 radical (unpaired) electrons. The van der Waals surface area contributed by atoms with Crippen LogP contribution >= 0.6 is 0 Å². The molecule has 1 aromatic rings. The van der Waals surface area contributed by atoms with Crippen molar-refractivity contribution < 1.29 is 18.0 Å². The fourth-order valence-corrected chi connectivity index (χ4v) is 4.60. The molecule has 7 nitrogen and oxygen atoms in total. The first-order valence-corrected chi connectivity index (χ1v) is 9.50. The number of fused-ring (bicyclic) bond motifs is 2. The van der Waals surface area contributed by atoms with Gasteiger partial charge in [-0.1, -0.05) is 0 Å². The van der Waals surface area contributed by atoms with Crippen molar-refractivity contribution in [2.45, 2.75) is 56.4 Å². The van der Waals surface area contributed by atoms with Gasteiger partial charge in [0.05, 0.1) is 12.1 Å². The molecule has 3 aliphatic rings. The van der Waals surface area contributed by atoms with E-state index >= 15 is 0 Å². The Hall–Kier alpha value is -2.57. The van der Waals surface area contributed by atoms with Crippen molar-refractivity contribution in [3.63, 3.8) is 0 Å². The number of halogens is 3. The molecule has 0 aromatic carbocycles. The molecule has 4 heterocycles. The lowest BCUT2D eigenvalue weighted by atomic mass is 9.92. The number of hydrogen-bond donors (Lipinski definition) is 1. The monoisotopic (exact) mass is 394 g/mol. The van der Waals surface area contributed by atoms with E-state index in [0.29, 0.717) is 25.9 Å². The lowest BCUT2D eigenvalue weighted by molar-refractivity contribution is -0.141. The van der Waals surface area contributed by atoms with Gasteiger partial charge >= 0.3 is 6.18 Å². The molecule has 1 aromatic heterocycles. The number of nitriles is 1. The number of alkyl halides is 3. The number of piperidine rings is 1. The van der Waals surface area contributed by atoms with E-state index in [0.717, 1.165) is 31.5 Å². The van der Waals surface area contributed by atoms with Crippen LogP contribution in [0.3, 0.4) is 0 Å². The second-order valence-electron chi connectivity index (χ2n) is 7.66. The molecule has 10 heteroatoms. The average Bonchev–Trinajstić information content (AvgIpc) is 3.24. The molecule has 0 unspecified atom stereocenters. The summed E-state index contributed by atoms with van der Waals surface area (Å²) in [6.45, 7) is 0.862. The van der Waals surface area contributed by atoms with E-state index in [1.807, 2.05) is 0 Å². The van der Waals surface area contributed by atoms with Crippen LogP contribution in [0.15, 0.2) is 12.3 Å². The number of nitrogens with one attached hydrogen (secondary N) is 1. The average molecular weight is 394 g/mol. The van der Waals surface area contributed by atoms with Crippen molar-refractivity contribution in [1.82, 2.24) is 20.2 Å².